The molecule has 130 valence electrons. The third-order valence-electron chi connectivity index (χ3n) is 3.56. The van der Waals surface area contributed by atoms with E-state index in [1.54, 1.807) is 11.8 Å². The number of carbonyl (C=O) groups is 2. The fourth-order valence-corrected chi connectivity index (χ4v) is 2.80. The predicted octanol–water partition coefficient (Wildman–Crippen LogP) is 2.38. The zero-order valence-corrected chi connectivity index (χ0v) is 14.7. The van der Waals surface area contributed by atoms with E-state index in [4.69, 9.17) is 11.6 Å². The molecule has 1 aromatic carbocycles. The number of nitrogens with zero attached hydrogens (tertiary/aromatic N) is 1. The molecular formula is C15H18ClN3O4S. The molecule has 0 aliphatic heterocycles. The lowest BCUT2D eigenvalue weighted by molar-refractivity contribution is -0.384. The average molecular weight is 372 g/mol. The molecule has 2 N–H and O–H groups in total. The van der Waals surface area contributed by atoms with Crippen molar-refractivity contribution in [2.45, 2.75) is 31.3 Å². The van der Waals surface area contributed by atoms with Crippen LogP contribution in [0.1, 0.15) is 29.6 Å². The summed E-state index contributed by atoms with van der Waals surface area (Å²) >= 11 is 7.54. The number of halogens is 1. The molecule has 0 unspecified atom stereocenters. The van der Waals surface area contributed by atoms with Gasteiger partial charge in [0, 0.05) is 18.2 Å². The van der Waals surface area contributed by atoms with Crippen LogP contribution in [0.15, 0.2) is 18.2 Å². The van der Waals surface area contributed by atoms with Gasteiger partial charge in [-0.2, -0.15) is 11.8 Å². The summed E-state index contributed by atoms with van der Waals surface area (Å²) in [4.78, 5) is 34.7. The minimum absolute atomic E-state index is 0.0204. The molecule has 1 aromatic rings. The molecule has 1 fully saturated rings. The van der Waals surface area contributed by atoms with Crippen molar-refractivity contribution < 1.29 is 14.5 Å². The number of non-ortho nitro benzene ring substituents is 1. The molecule has 0 bridgehead atoms. The van der Waals surface area contributed by atoms with Crippen LogP contribution in [-0.4, -0.2) is 40.8 Å². The number of amides is 2. The highest BCUT2D eigenvalue weighted by molar-refractivity contribution is 7.98. The number of nitrogens with one attached hydrogen (secondary N) is 2. The van der Waals surface area contributed by atoms with Gasteiger partial charge in [0.05, 0.1) is 15.5 Å². The van der Waals surface area contributed by atoms with Crippen molar-refractivity contribution in [2.24, 2.45) is 0 Å². The van der Waals surface area contributed by atoms with Crippen LogP contribution < -0.4 is 10.6 Å². The van der Waals surface area contributed by atoms with Crippen LogP contribution in [0, 0.1) is 10.1 Å². The summed E-state index contributed by atoms with van der Waals surface area (Å²) in [6.07, 6.45) is 4.34. The van der Waals surface area contributed by atoms with Crippen molar-refractivity contribution in [3.63, 3.8) is 0 Å². The van der Waals surface area contributed by atoms with Gasteiger partial charge in [-0.05, 0) is 37.3 Å². The lowest BCUT2D eigenvalue weighted by Gasteiger charge is -2.18. The van der Waals surface area contributed by atoms with Crippen LogP contribution >= 0.6 is 23.4 Å². The summed E-state index contributed by atoms with van der Waals surface area (Å²) in [6, 6.07) is 3.17. The second-order valence-electron chi connectivity index (χ2n) is 5.51. The van der Waals surface area contributed by atoms with E-state index >= 15 is 0 Å². The summed E-state index contributed by atoms with van der Waals surface area (Å²) < 4.78 is 0. The Bertz CT molecular complexity index is 652. The predicted molar refractivity (Wildman–Crippen MR) is 93.5 cm³/mol. The molecule has 0 saturated heterocycles. The minimum atomic E-state index is -0.656. The van der Waals surface area contributed by atoms with Gasteiger partial charge in [-0.25, -0.2) is 0 Å². The summed E-state index contributed by atoms with van der Waals surface area (Å²) in [5, 5.41) is 16.2. The van der Waals surface area contributed by atoms with Crippen LogP contribution in [0.2, 0.25) is 5.02 Å². The van der Waals surface area contributed by atoms with Gasteiger partial charge in [-0.15, -0.1) is 0 Å². The monoisotopic (exact) mass is 371 g/mol. The van der Waals surface area contributed by atoms with Crippen molar-refractivity contribution >= 4 is 40.9 Å². The van der Waals surface area contributed by atoms with Gasteiger partial charge in [0.15, 0.2) is 0 Å². The normalized spacial score (nSPS) is 14.8. The van der Waals surface area contributed by atoms with Gasteiger partial charge >= 0.3 is 0 Å². The van der Waals surface area contributed by atoms with E-state index in [-0.39, 0.29) is 28.2 Å². The summed E-state index contributed by atoms with van der Waals surface area (Å²) in [6.45, 7) is 0. The fraction of sp³-hybridized carbons (Fsp3) is 0.467. The van der Waals surface area contributed by atoms with Gasteiger partial charge in [-0.1, -0.05) is 11.6 Å². The molecular weight excluding hydrogens is 354 g/mol. The van der Waals surface area contributed by atoms with E-state index in [2.05, 4.69) is 10.6 Å². The standard InChI is InChI=1S/C15H18ClN3O4S/c1-24-7-6-13(15(21)17-9-2-3-9)18-14(20)11-5-4-10(19(22)23)8-12(11)16/h4-5,8-9,13H,2-3,6-7H2,1H3,(H,17,21)(H,18,20)/t13-/m0/s1. The Balaban J connectivity index is 2.07. The van der Waals surface area contributed by atoms with Crippen molar-refractivity contribution in [2.75, 3.05) is 12.0 Å². The Morgan fingerprint density at radius 1 is 1.46 bits per heavy atom. The first-order valence-electron chi connectivity index (χ1n) is 7.46. The number of hydrogen-bond donors (Lipinski definition) is 2. The molecule has 7 nitrogen and oxygen atoms in total. The van der Waals surface area contributed by atoms with Gasteiger partial charge in [-0.3, -0.25) is 19.7 Å². The summed E-state index contributed by atoms with van der Waals surface area (Å²) in [5.74, 6) is -0.0123. The number of nitro groups is 1. The van der Waals surface area contributed by atoms with Gasteiger partial charge < -0.3 is 10.6 Å². The first-order valence-corrected chi connectivity index (χ1v) is 9.23. The van der Waals surface area contributed by atoms with Crippen molar-refractivity contribution in [3.8, 4) is 0 Å². The third-order valence-corrected chi connectivity index (χ3v) is 4.52. The lowest BCUT2D eigenvalue weighted by atomic mass is 10.1. The zero-order valence-electron chi connectivity index (χ0n) is 13.1. The summed E-state index contributed by atoms with van der Waals surface area (Å²) in [5.41, 5.74) is -0.0856. The van der Waals surface area contributed by atoms with E-state index in [0.717, 1.165) is 24.7 Å². The molecule has 9 heteroatoms. The molecule has 1 aliphatic rings. The van der Waals surface area contributed by atoms with Gasteiger partial charge in [0.1, 0.15) is 6.04 Å². The number of rotatable bonds is 8. The van der Waals surface area contributed by atoms with E-state index in [1.165, 1.54) is 12.1 Å². The Morgan fingerprint density at radius 3 is 2.71 bits per heavy atom. The van der Waals surface area contributed by atoms with Crippen molar-refractivity contribution in [3.05, 3.63) is 38.9 Å². The fourth-order valence-electron chi connectivity index (χ4n) is 2.07. The molecule has 1 atom stereocenters. The maximum Gasteiger partial charge on any atom is 0.270 e. The van der Waals surface area contributed by atoms with Gasteiger partial charge in [0.2, 0.25) is 5.91 Å². The maximum atomic E-state index is 12.4. The zero-order chi connectivity index (χ0) is 17.7. The quantitative estimate of drug-likeness (QED) is 0.539. The molecule has 0 heterocycles. The molecule has 1 saturated carbocycles. The molecule has 0 radical (unpaired) electrons. The van der Waals surface area contributed by atoms with Gasteiger partial charge in [0.25, 0.3) is 11.6 Å². The number of benzene rings is 1. The molecule has 1 aliphatic carbocycles. The lowest BCUT2D eigenvalue weighted by Crippen LogP contribution is -2.47. The first-order chi connectivity index (χ1) is 11.4. The Labute approximate surface area is 148 Å². The highest BCUT2D eigenvalue weighted by Crippen LogP contribution is 2.23. The van der Waals surface area contributed by atoms with Crippen molar-refractivity contribution in [1.29, 1.82) is 0 Å². The van der Waals surface area contributed by atoms with E-state index in [1.807, 2.05) is 6.26 Å². The number of hydrogen-bond acceptors (Lipinski definition) is 5. The molecule has 0 spiro atoms. The molecule has 24 heavy (non-hydrogen) atoms. The van der Waals surface area contributed by atoms with Crippen LogP contribution in [0.4, 0.5) is 5.69 Å². The third kappa shape index (κ3) is 5.10. The second-order valence-corrected chi connectivity index (χ2v) is 6.90. The molecule has 0 aromatic heterocycles. The van der Waals surface area contributed by atoms with E-state index < -0.39 is 16.9 Å². The van der Waals surface area contributed by atoms with Crippen LogP contribution in [-0.2, 0) is 4.79 Å². The Morgan fingerprint density at radius 2 is 2.17 bits per heavy atom. The smallest absolute Gasteiger partial charge is 0.270 e. The maximum absolute atomic E-state index is 12.4. The minimum Gasteiger partial charge on any atom is -0.352 e. The topological polar surface area (TPSA) is 101 Å². The van der Waals surface area contributed by atoms with Crippen molar-refractivity contribution in [1.82, 2.24) is 10.6 Å². The van der Waals surface area contributed by atoms with Crippen LogP contribution in [0.5, 0.6) is 0 Å². The molecule has 2 rings (SSSR count). The van der Waals surface area contributed by atoms with E-state index in [9.17, 15) is 19.7 Å². The highest BCUT2D eigenvalue weighted by atomic mass is 35.5. The molecule has 2 amide bonds. The number of thioether (sulfide) groups is 1. The first kappa shape index (κ1) is 18.5. The Hall–Kier alpha value is -1.80. The number of carbonyl (C=O) groups excluding carboxylic acids is 2. The summed E-state index contributed by atoms with van der Waals surface area (Å²) in [7, 11) is 0. The second kappa shape index (κ2) is 8.34. The van der Waals surface area contributed by atoms with E-state index in [0.29, 0.717) is 6.42 Å². The SMILES string of the molecule is CSCC[C@H](NC(=O)c1ccc([N+](=O)[O-])cc1Cl)C(=O)NC1CC1. The number of nitro benzene ring substituents is 1. The highest BCUT2D eigenvalue weighted by Gasteiger charge is 2.28. The largest absolute Gasteiger partial charge is 0.352 e. The van der Waals surface area contributed by atoms with Crippen LogP contribution in [0.25, 0.3) is 0 Å². The van der Waals surface area contributed by atoms with Crippen LogP contribution in [0.3, 0.4) is 0 Å². The Kier molecular flexibility index (Phi) is 6.44. The average Bonchev–Trinajstić information content (AvgIpc) is 3.34.